The quantitative estimate of drug-likeness (QED) is 0.370. The molecule has 0 spiro atoms. The van der Waals surface area contributed by atoms with Gasteiger partial charge >= 0.3 is 6.01 Å². The van der Waals surface area contributed by atoms with E-state index in [0.29, 0.717) is 47.2 Å². The van der Waals surface area contributed by atoms with Crippen molar-refractivity contribution in [2.75, 3.05) is 42.6 Å². The highest BCUT2D eigenvalue weighted by Gasteiger charge is 2.55. The zero-order valence-electron chi connectivity index (χ0n) is 17.3. The molecule has 32 heavy (non-hydrogen) atoms. The van der Waals surface area contributed by atoms with Gasteiger partial charge in [0, 0.05) is 25.5 Å². The summed E-state index contributed by atoms with van der Waals surface area (Å²) in [4.78, 5) is 22.7. The summed E-state index contributed by atoms with van der Waals surface area (Å²) in [6.45, 7) is 2.41. The van der Waals surface area contributed by atoms with Crippen molar-refractivity contribution in [2.45, 2.75) is 0 Å². The van der Waals surface area contributed by atoms with Gasteiger partial charge in [0.05, 0.1) is 29.0 Å². The molecule has 6 rings (SSSR count). The van der Waals surface area contributed by atoms with Gasteiger partial charge in [-0.25, -0.2) is 14.4 Å². The highest BCUT2D eigenvalue weighted by Crippen LogP contribution is 2.52. The van der Waals surface area contributed by atoms with Gasteiger partial charge in [0.25, 0.3) is 0 Å². The van der Waals surface area contributed by atoms with Gasteiger partial charge < -0.3 is 31.4 Å². The van der Waals surface area contributed by atoms with Crippen LogP contribution in [0.3, 0.4) is 0 Å². The van der Waals surface area contributed by atoms with Gasteiger partial charge in [0.15, 0.2) is 5.75 Å². The molecule has 4 aromatic rings. The van der Waals surface area contributed by atoms with E-state index in [9.17, 15) is 4.39 Å². The summed E-state index contributed by atoms with van der Waals surface area (Å²) in [6.07, 6.45) is 2.93. The van der Waals surface area contributed by atoms with E-state index in [-0.39, 0.29) is 17.8 Å². The lowest BCUT2D eigenvalue weighted by molar-refractivity contribution is 0.439. The lowest BCUT2D eigenvalue weighted by atomic mass is 10.1. The maximum absolute atomic E-state index is 14.4. The molecular weight excluding hydrogens is 413 g/mol. The molecule has 0 amide bonds. The molecule has 0 radical (unpaired) electrons. The number of benzene rings is 1. The number of halogens is 1. The second-order valence-corrected chi connectivity index (χ2v) is 8.32. The van der Waals surface area contributed by atoms with E-state index in [1.807, 2.05) is 0 Å². The van der Waals surface area contributed by atoms with Gasteiger partial charge in [-0.15, -0.1) is 0 Å². The van der Waals surface area contributed by atoms with Crippen LogP contribution in [0, 0.1) is 23.6 Å². The van der Waals surface area contributed by atoms with Crippen molar-refractivity contribution in [1.29, 1.82) is 0 Å². The average Bonchev–Trinajstić information content (AvgIpc) is 3.09. The molecule has 1 saturated carbocycles. The van der Waals surface area contributed by atoms with Gasteiger partial charge in [0.1, 0.15) is 17.3 Å². The molecular formula is C21H22FN9O. The van der Waals surface area contributed by atoms with Crippen LogP contribution in [-0.4, -0.2) is 51.6 Å². The maximum atomic E-state index is 14.4. The maximum Gasteiger partial charge on any atom is 0.326 e. The Bertz CT molecular complexity index is 1330. The molecule has 4 heterocycles. The van der Waals surface area contributed by atoms with E-state index in [4.69, 9.17) is 21.2 Å². The molecule has 1 saturated heterocycles. The molecule has 164 valence electrons. The fourth-order valence-corrected chi connectivity index (χ4v) is 4.95. The summed E-state index contributed by atoms with van der Waals surface area (Å²) in [5, 5.41) is 4.53. The van der Waals surface area contributed by atoms with Crippen LogP contribution < -0.4 is 26.4 Å². The van der Waals surface area contributed by atoms with Gasteiger partial charge in [-0.2, -0.15) is 9.97 Å². The van der Waals surface area contributed by atoms with Crippen molar-refractivity contribution in [1.82, 2.24) is 24.9 Å². The average molecular weight is 435 g/mol. The number of fused-ring (bicyclic) bond motifs is 4. The molecule has 1 aromatic carbocycles. The van der Waals surface area contributed by atoms with E-state index < -0.39 is 0 Å². The number of ether oxygens (including phenoxy) is 1. The Hall–Kier alpha value is -3.73. The minimum absolute atomic E-state index is 0.148. The zero-order chi connectivity index (χ0) is 22.0. The van der Waals surface area contributed by atoms with Crippen LogP contribution in [0.25, 0.3) is 21.9 Å². The number of aromatic amines is 1. The Morgan fingerprint density at radius 2 is 1.97 bits per heavy atom. The Morgan fingerprint density at radius 3 is 2.66 bits per heavy atom. The number of piperidine rings is 1. The first kappa shape index (κ1) is 19.0. The standard InChI is InChI=1S/C21H22FN9O/c1-25-15-3-9(22)2-11-16-18(28-17(11)15)29-21(32-10-5-26-20(24)27-6-10)30-19(16)31-7-13-12(4-23)14(13)8-31/h2-3,5-6,12-14,25H,4,7-8,23H2,1H3,(H2,24,26,27)(H,28,29,30). The number of nitrogens with one attached hydrogen (secondary N) is 2. The zero-order valence-corrected chi connectivity index (χ0v) is 17.3. The van der Waals surface area contributed by atoms with Crippen molar-refractivity contribution in [2.24, 2.45) is 23.5 Å². The first-order valence-electron chi connectivity index (χ1n) is 10.5. The summed E-state index contributed by atoms with van der Waals surface area (Å²) in [6, 6.07) is 3.11. The Labute approximate surface area is 182 Å². The summed E-state index contributed by atoms with van der Waals surface area (Å²) in [7, 11) is 1.75. The third-order valence-electron chi connectivity index (χ3n) is 6.55. The lowest BCUT2D eigenvalue weighted by Crippen LogP contribution is -2.27. The van der Waals surface area contributed by atoms with Crippen LogP contribution in [0.15, 0.2) is 24.5 Å². The van der Waals surface area contributed by atoms with Gasteiger partial charge in [-0.05, 0) is 36.4 Å². The van der Waals surface area contributed by atoms with Crippen molar-refractivity contribution in [3.63, 3.8) is 0 Å². The fraction of sp³-hybridized carbons (Fsp3) is 0.333. The van der Waals surface area contributed by atoms with Crippen molar-refractivity contribution in [3.05, 3.63) is 30.3 Å². The monoisotopic (exact) mass is 435 g/mol. The van der Waals surface area contributed by atoms with E-state index in [0.717, 1.165) is 29.4 Å². The number of nitrogens with zero attached hydrogens (tertiary/aromatic N) is 5. The predicted octanol–water partition coefficient (Wildman–Crippen LogP) is 2.10. The number of hydrogen-bond donors (Lipinski definition) is 4. The Kier molecular flexibility index (Phi) is 4.09. The number of aromatic nitrogens is 5. The Morgan fingerprint density at radius 1 is 1.22 bits per heavy atom. The highest BCUT2D eigenvalue weighted by atomic mass is 19.1. The smallest absolute Gasteiger partial charge is 0.326 e. The number of rotatable bonds is 5. The topological polar surface area (TPSA) is 144 Å². The van der Waals surface area contributed by atoms with Gasteiger partial charge in [-0.1, -0.05) is 0 Å². The summed E-state index contributed by atoms with van der Waals surface area (Å²) >= 11 is 0. The molecule has 10 nitrogen and oxygen atoms in total. The van der Waals surface area contributed by atoms with Crippen LogP contribution in [-0.2, 0) is 0 Å². The summed E-state index contributed by atoms with van der Waals surface area (Å²) in [5.41, 5.74) is 13.4. The molecule has 11 heteroatoms. The summed E-state index contributed by atoms with van der Waals surface area (Å²) < 4.78 is 20.2. The lowest BCUT2D eigenvalue weighted by Gasteiger charge is -2.22. The SMILES string of the molecule is CNc1cc(F)cc2c1[nH]c1nc(Oc3cnc(N)nc3)nc(N3CC4C(CN)C4C3)c12. The predicted molar refractivity (Wildman–Crippen MR) is 119 cm³/mol. The number of nitrogens with two attached hydrogens (primary N) is 2. The fourth-order valence-electron chi connectivity index (χ4n) is 4.95. The van der Waals surface area contributed by atoms with Crippen LogP contribution in [0.4, 0.5) is 21.8 Å². The Balaban J connectivity index is 1.50. The number of anilines is 3. The van der Waals surface area contributed by atoms with E-state index >= 15 is 0 Å². The molecule has 2 aliphatic rings. The minimum Gasteiger partial charge on any atom is -0.421 e. The van der Waals surface area contributed by atoms with E-state index in [1.165, 1.54) is 24.5 Å². The molecule has 0 bridgehead atoms. The molecule has 1 aliphatic carbocycles. The first-order chi connectivity index (χ1) is 15.6. The second-order valence-electron chi connectivity index (χ2n) is 8.32. The summed E-state index contributed by atoms with van der Waals surface area (Å²) in [5.74, 6) is 2.60. The van der Waals surface area contributed by atoms with Crippen molar-refractivity contribution < 1.29 is 9.13 Å². The number of hydrogen-bond acceptors (Lipinski definition) is 9. The van der Waals surface area contributed by atoms with Gasteiger partial charge in [0.2, 0.25) is 5.95 Å². The van der Waals surface area contributed by atoms with Crippen LogP contribution in [0.5, 0.6) is 11.8 Å². The molecule has 6 N–H and O–H groups in total. The second kappa shape index (κ2) is 6.89. The van der Waals surface area contributed by atoms with Crippen molar-refractivity contribution in [3.8, 4) is 11.8 Å². The number of H-pyrrole nitrogens is 1. The molecule has 2 unspecified atom stereocenters. The van der Waals surface area contributed by atoms with Crippen LogP contribution in [0.2, 0.25) is 0 Å². The molecule has 3 aromatic heterocycles. The third kappa shape index (κ3) is 2.88. The highest BCUT2D eigenvalue weighted by molar-refractivity contribution is 6.14. The minimum atomic E-state index is -0.333. The van der Waals surface area contributed by atoms with Crippen molar-refractivity contribution >= 4 is 39.4 Å². The molecule has 2 fully saturated rings. The van der Waals surface area contributed by atoms with Crippen LogP contribution >= 0.6 is 0 Å². The van der Waals surface area contributed by atoms with Gasteiger partial charge in [-0.3, -0.25) is 0 Å². The normalized spacial score (nSPS) is 21.8. The third-order valence-corrected chi connectivity index (χ3v) is 6.55. The van der Waals surface area contributed by atoms with Crippen LogP contribution in [0.1, 0.15) is 0 Å². The van der Waals surface area contributed by atoms with E-state index in [1.54, 1.807) is 7.05 Å². The number of nitrogen functional groups attached to an aromatic ring is 1. The first-order valence-corrected chi connectivity index (χ1v) is 10.5. The molecule has 2 atom stereocenters. The largest absolute Gasteiger partial charge is 0.421 e. The van der Waals surface area contributed by atoms with E-state index in [2.05, 4.69) is 30.2 Å². The molecule has 1 aliphatic heterocycles.